The average molecular weight is 207 g/mol. The van der Waals surface area contributed by atoms with Gasteiger partial charge in [0.15, 0.2) is 0 Å². The van der Waals surface area contributed by atoms with Crippen LogP contribution in [-0.2, 0) is 0 Å². The van der Waals surface area contributed by atoms with Gasteiger partial charge in [-0.2, -0.15) is 0 Å². The molecule has 0 fully saturated rings. The first-order chi connectivity index (χ1) is 7.16. The second kappa shape index (κ2) is 3.73. The molecule has 0 saturated heterocycles. The molecule has 1 amide bonds. The largest absolute Gasteiger partial charge is 0.465 e. The van der Waals surface area contributed by atoms with E-state index in [1.165, 1.54) is 17.0 Å². The second-order valence-corrected chi connectivity index (χ2v) is 3.40. The van der Waals surface area contributed by atoms with Gasteiger partial charge in [-0.05, 0) is 23.3 Å². The second-order valence-electron chi connectivity index (χ2n) is 3.40. The predicted octanol–water partition coefficient (Wildman–Crippen LogP) is 2.20. The molecule has 0 spiro atoms. The lowest BCUT2D eigenvalue weighted by atomic mass is 10.1. The summed E-state index contributed by atoms with van der Waals surface area (Å²) in [6.45, 7) is 0.781. The van der Waals surface area contributed by atoms with E-state index in [1.54, 1.807) is 12.1 Å². The van der Waals surface area contributed by atoms with Crippen LogP contribution in [-0.4, -0.2) is 29.2 Å². The summed E-state index contributed by atoms with van der Waals surface area (Å²) in [6, 6.07) is 6.07. The van der Waals surface area contributed by atoms with Gasteiger partial charge in [0.05, 0.1) is 0 Å². The van der Waals surface area contributed by atoms with Crippen molar-refractivity contribution in [2.24, 2.45) is 0 Å². The lowest BCUT2D eigenvalue weighted by Gasteiger charge is -2.11. The number of halogens is 1. The molecule has 0 bridgehead atoms. The topological polar surface area (TPSA) is 40.5 Å². The van der Waals surface area contributed by atoms with Crippen molar-refractivity contribution in [3.05, 3.63) is 41.7 Å². The number of hydrogen-bond donors (Lipinski definition) is 1. The Bertz CT molecular complexity index is 411. The summed E-state index contributed by atoms with van der Waals surface area (Å²) in [5.41, 5.74) is 1.80. The van der Waals surface area contributed by atoms with Crippen LogP contribution >= 0.6 is 0 Å². The monoisotopic (exact) mass is 207 g/mol. The highest BCUT2D eigenvalue weighted by molar-refractivity contribution is 5.76. The normalized spacial score (nSPS) is 15.3. The van der Waals surface area contributed by atoms with E-state index in [0.717, 1.165) is 11.1 Å². The number of hydrogen-bond acceptors (Lipinski definition) is 1. The minimum Gasteiger partial charge on any atom is -0.465 e. The Morgan fingerprint density at radius 2 is 2.00 bits per heavy atom. The Hall–Kier alpha value is -1.84. The summed E-state index contributed by atoms with van der Waals surface area (Å²) in [5, 5.41) is 8.75. The first-order valence-corrected chi connectivity index (χ1v) is 4.59. The van der Waals surface area contributed by atoms with Crippen molar-refractivity contribution in [3.8, 4) is 0 Å². The summed E-state index contributed by atoms with van der Waals surface area (Å²) in [5.74, 6) is -0.285. The van der Waals surface area contributed by atoms with Crippen LogP contribution in [0.5, 0.6) is 0 Å². The number of carbonyl (C=O) groups is 1. The molecule has 0 aromatic heterocycles. The zero-order valence-electron chi connectivity index (χ0n) is 7.98. The number of carboxylic acid groups (broad SMARTS) is 1. The van der Waals surface area contributed by atoms with Crippen LogP contribution in [0.15, 0.2) is 30.3 Å². The van der Waals surface area contributed by atoms with Crippen LogP contribution in [0, 0.1) is 5.82 Å². The van der Waals surface area contributed by atoms with E-state index >= 15 is 0 Å². The summed E-state index contributed by atoms with van der Waals surface area (Å²) >= 11 is 0. The van der Waals surface area contributed by atoms with Gasteiger partial charge >= 0.3 is 6.09 Å². The molecular weight excluding hydrogens is 197 g/mol. The van der Waals surface area contributed by atoms with Crippen LogP contribution in [0.3, 0.4) is 0 Å². The first kappa shape index (κ1) is 9.71. The zero-order valence-corrected chi connectivity index (χ0v) is 7.98. The molecule has 0 unspecified atom stereocenters. The minimum atomic E-state index is -0.927. The molecule has 0 radical (unpaired) electrons. The van der Waals surface area contributed by atoms with Gasteiger partial charge in [0.25, 0.3) is 0 Å². The third kappa shape index (κ3) is 1.98. The van der Waals surface area contributed by atoms with Gasteiger partial charge in [-0.25, -0.2) is 9.18 Å². The number of nitrogens with zero attached hydrogens (tertiary/aromatic N) is 1. The molecule has 15 heavy (non-hydrogen) atoms. The van der Waals surface area contributed by atoms with Crippen LogP contribution < -0.4 is 0 Å². The van der Waals surface area contributed by atoms with Crippen LogP contribution in [0.1, 0.15) is 5.56 Å². The highest BCUT2D eigenvalue weighted by Crippen LogP contribution is 2.21. The van der Waals surface area contributed by atoms with Gasteiger partial charge in [0.1, 0.15) is 5.82 Å². The van der Waals surface area contributed by atoms with Gasteiger partial charge < -0.3 is 10.0 Å². The summed E-state index contributed by atoms with van der Waals surface area (Å²) in [4.78, 5) is 12.0. The first-order valence-electron chi connectivity index (χ1n) is 4.59. The van der Waals surface area contributed by atoms with Crippen molar-refractivity contribution < 1.29 is 14.3 Å². The number of rotatable bonds is 1. The van der Waals surface area contributed by atoms with Crippen molar-refractivity contribution >= 4 is 11.7 Å². The van der Waals surface area contributed by atoms with Gasteiger partial charge in [-0.3, -0.25) is 0 Å². The van der Waals surface area contributed by atoms with Crippen LogP contribution in [0.2, 0.25) is 0 Å². The van der Waals surface area contributed by atoms with Crippen molar-refractivity contribution in [2.75, 3.05) is 13.1 Å². The molecule has 0 atom stereocenters. The molecule has 1 aromatic carbocycles. The van der Waals surface area contributed by atoms with Gasteiger partial charge in [-0.1, -0.05) is 18.2 Å². The van der Waals surface area contributed by atoms with E-state index in [0.29, 0.717) is 13.1 Å². The fourth-order valence-corrected chi connectivity index (χ4v) is 1.57. The average Bonchev–Trinajstić information content (AvgIpc) is 2.68. The fourth-order valence-electron chi connectivity index (χ4n) is 1.57. The van der Waals surface area contributed by atoms with Crippen molar-refractivity contribution in [2.45, 2.75) is 0 Å². The Kier molecular flexibility index (Phi) is 2.41. The summed E-state index contributed by atoms with van der Waals surface area (Å²) in [7, 11) is 0. The van der Waals surface area contributed by atoms with E-state index < -0.39 is 6.09 Å². The highest BCUT2D eigenvalue weighted by atomic mass is 19.1. The van der Waals surface area contributed by atoms with Crippen molar-refractivity contribution in [3.63, 3.8) is 0 Å². The summed E-state index contributed by atoms with van der Waals surface area (Å²) in [6.07, 6.45) is 0.921. The zero-order chi connectivity index (χ0) is 10.8. The lowest BCUT2D eigenvalue weighted by Crippen LogP contribution is -2.26. The Labute approximate surface area is 86.4 Å². The maximum Gasteiger partial charge on any atom is 0.407 e. The molecular formula is C11H10FNO2. The van der Waals surface area contributed by atoms with E-state index in [1.807, 2.05) is 6.08 Å². The summed E-state index contributed by atoms with van der Waals surface area (Å²) < 4.78 is 12.7. The molecule has 78 valence electrons. The smallest absolute Gasteiger partial charge is 0.407 e. The van der Waals surface area contributed by atoms with Crippen LogP contribution in [0.25, 0.3) is 5.57 Å². The third-order valence-corrected chi connectivity index (χ3v) is 2.40. The maximum absolute atomic E-state index is 12.7. The molecule has 1 N–H and O–H groups in total. The molecule has 4 heteroatoms. The molecule has 2 rings (SSSR count). The quantitative estimate of drug-likeness (QED) is 0.766. The van der Waals surface area contributed by atoms with E-state index in [-0.39, 0.29) is 5.82 Å². The molecule has 0 saturated carbocycles. The third-order valence-electron chi connectivity index (χ3n) is 2.40. The Morgan fingerprint density at radius 1 is 1.33 bits per heavy atom. The minimum absolute atomic E-state index is 0.285. The predicted molar refractivity (Wildman–Crippen MR) is 54.0 cm³/mol. The fraction of sp³-hybridized carbons (Fsp3) is 0.182. The molecule has 0 aliphatic carbocycles. The van der Waals surface area contributed by atoms with Gasteiger partial charge in [-0.15, -0.1) is 0 Å². The van der Waals surface area contributed by atoms with Crippen molar-refractivity contribution in [1.82, 2.24) is 4.90 Å². The Morgan fingerprint density at radius 3 is 2.53 bits per heavy atom. The molecule has 1 aromatic rings. The van der Waals surface area contributed by atoms with Crippen molar-refractivity contribution in [1.29, 1.82) is 0 Å². The molecule has 3 nitrogen and oxygen atoms in total. The molecule has 1 aliphatic rings. The lowest BCUT2D eigenvalue weighted by molar-refractivity contribution is 0.158. The standard InChI is InChI=1S/C11H10FNO2/c12-10-3-1-8(2-4-10)9-5-6-13(7-9)11(14)15/h1-5H,6-7H2,(H,14,15). The number of amides is 1. The van der Waals surface area contributed by atoms with E-state index in [9.17, 15) is 9.18 Å². The SMILES string of the molecule is O=C(O)N1CC=C(c2ccc(F)cc2)C1. The number of benzene rings is 1. The van der Waals surface area contributed by atoms with Gasteiger partial charge in [0.2, 0.25) is 0 Å². The van der Waals surface area contributed by atoms with Gasteiger partial charge in [0, 0.05) is 13.1 Å². The van der Waals surface area contributed by atoms with E-state index in [2.05, 4.69) is 0 Å². The Balaban J connectivity index is 2.14. The maximum atomic E-state index is 12.7. The molecule has 1 aliphatic heterocycles. The highest BCUT2D eigenvalue weighted by Gasteiger charge is 2.19. The van der Waals surface area contributed by atoms with Crippen LogP contribution in [0.4, 0.5) is 9.18 Å². The van der Waals surface area contributed by atoms with E-state index in [4.69, 9.17) is 5.11 Å². The molecule has 1 heterocycles.